The van der Waals surface area contributed by atoms with Crippen LogP contribution in [-0.4, -0.2) is 25.2 Å². The SMILES string of the molecule is CCOC(=O)C(NC(C)C)c1ccccc1OCC. The minimum atomic E-state index is -0.498. The summed E-state index contributed by atoms with van der Waals surface area (Å²) in [5.41, 5.74) is 0.816. The van der Waals surface area contributed by atoms with Crippen LogP contribution in [0.25, 0.3) is 0 Å². The lowest BCUT2D eigenvalue weighted by molar-refractivity contribution is -0.146. The van der Waals surface area contributed by atoms with Crippen LogP contribution in [0.4, 0.5) is 0 Å². The molecule has 0 aromatic heterocycles. The highest BCUT2D eigenvalue weighted by atomic mass is 16.5. The maximum absolute atomic E-state index is 12.1. The smallest absolute Gasteiger partial charge is 0.327 e. The Hall–Kier alpha value is -1.55. The van der Waals surface area contributed by atoms with Crippen molar-refractivity contribution in [3.63, 3.8) is 0 Å². The van der Waals surface area contributed by atoms with Gasteiger partial charge in [-0.3, -0.25) is 5.32 Å². The molecule has 0 fully saturated rings. The molecule has 0 amide bonds. The molecule has 1 aromatic rings. The first-order valence-electron chi connectivity index (χ1n) is 6.74. The van der Waals surface area contributed by atoms with Crippen molar-refractivity contribution in [1.29, 1.82) is 0 Å². The van der Waals surface area contributed by atoms with E-state index >= 15 is 0 Å². The van der Waals surface area contributed by atoms with Gasteiger partial charge in [0.2, 0.25) is 0 Å². The maximum atomic E-state index is 12.1. The number of ether oxygens (including phenoxy) is 2. The zero-order valence-electron chi connectivity index (χ0n) is 12.1. The number of esters is 1. The van der Waals surface area contributed by atoms with E-state index in [1.54, 1.807) is 6.92 Å². The Morgan fingerprint density at radius 3 is 2.47 bits per heavy atom. The molecule has 0 aliphatic carbocycles. The van der Waals surface area contributed by atoms with E-state index in [0.29, 0.717) is 13.2 Å². The molecule has 0 aliphatic heterocycles. The molecule has 0 aliphatic rings. The third kappa shape index (κ3) is 4.56. The number of rotatable bonds is 7. The minimum Gasteiger partial charge on any atom is -0.494 e. The molecule has 4 heteroatoms. The molecule has 1 rings (SSSR count). The van der Waals surface area contributed by atoms with Crippen LogP contribution >= 0.6 is 0 Å². The molecule has 0 saturated heterocycles. The van der Waals surface area contributed by atoms with Gasteiger partial charge in [0.1, 0.15) is 11.8 Å². The van der Waals surface area contributed by atoms with Gasteiger partial charge in [-0.05, 0) is 33.8 Å². The van der Waals surface area contributed by atoms with E-state index in [1.165, 1.54) is 0 Å². The number of benzene rings is 1. The summed E-state index contributed by atoms with van der Waals surface area (Å²) in [5, 5.41) is 3.22. The van der Waals surface area contributed by atoms with Gasteiger partial charge in [-0.2, -0.15) is 0 Å². The highest BCUT2D eigenvalue weighted by molar-refractivity contribution is 5.78. The zero-order chi connectivity index (χ0) is 14.3. The van der Waals surface area contributed by atoms with Crippen molar-refractivity contribution in [3.8, 4) is 5.75 Å². The summed E-state index contributed by atoms with van der Waals surface area (Å²) in [4.78, 5) is 12.1. The summed E-state index contributed by atoms with van der Waals surface area (Å²) in [5.74, 6) is 0.444. The van der Waals surface area contributed by atoms with Gasteiger partial charge in [-0.1, -0.05) is 18.2 Å². The van der Waals surface area contributed by atoms with E-state index in [1.807, 2.05) is 45.0 Å². The Kier molecular flexibility index (Phi) is 6.36. The minimum absolute atomic E-state index is 0.170. The van der Waals surface area contributed by atoms with E-state index in [-0.39, 0.29) is 12.0 Å². The number of hydrogen-bond acceptors (Lipinski definition) is 4. The van der Waals surface area contributed by atoms with Crippen LogP contribution in [0.5, 0.6) is 5.75 Å². The standard InChI is InChI=1S/C15H23NO3/c1-5-18-13-10-8-7-9-12(13)14(16-11(3)4)15(17)19-6-2/h7-11,14,16H,5-6H2,1-4H3. The van der Waals surface area contributed by atoms with Gasteiger partial charge in [0.05, 0.1) is 13.2 Å². The molecule has 1 aromatic carbocycles. The van der Waals surface area contributed by atoms with Crippen molar-refractivity contribution < 1.29 is 14.3 Å². The van der Waals surface area contributed by atoms with Gasteiger partial charge in [0.25, 0.3) is 0 Å². The lowest BCUT2D eigenvalue weighted by Crippen LogP contribution is -2.35. The Morgan fingerprint density at radius 2 is 1.89 bits per heavy atom. The second-order valence-corrected chi connectivity index (χ2v) is 4.48. The summed E-state index contributed by atoms with van der Waals surface area (Å²) >= 11 is 0. The third-order valence-electron chi connectivity index (χ3n) is 2.55. The molecule has 1 N–H and O–H groups in total. The first kappa shape index (κ1) is 15.5. The zero-order valence-corrected chi connectivity index (χ0v) is 12.1. The number of carbonyl (C=O) groups is 1. The molecule has 0 radical (unpaired) electrons. The van der Waals surface area contributed by atoms with Gasteiger partial charge in [-0.25, -0.2) is 4.79 Å². The molecule has 0 heterocycles. The predicted molar refractivity (Wildman–Crippen MR) is 75.3 cm³/mol. The number of nitrogens with one attached hydrogen (secondary N) is 1. The van der Waals surface area contributed by atoms with Crippen LogP contribution in [0.1, 0.15) is 39.3 Å². The average Bonchev–Trinajstić information content (AvgIpc) is 2.37. The lowest BCUT2D eigenvalue weighted by Gasteiger charge is -2.22. The van der Waals surface area contributed by atoms with E-state index in [9.17, 15) is 4.79 Å². The highest BCUT2D eigenvalue weighted by Gasteiger charge is 2.25. The van der Waals surface area contributed by atoms with Gasteiger partial charge in [-0.15, -0.1) is 0 Å². The van der Waals surface area contributed by atoms with Crippen LogP contribution in [0, 0.1) is 0 Å². The van der Waals surface area contributed by atoms with Gasteiger partial charge >= 0.3 is 5.97 Å². The summed E-state index contributed by atoms with van der Waals surface area (Å²) < 4.78 is 10.7. The molecular formula is C15H23NO3. The Labute approximate surface area is 115 Å². The fourth-order valence-electron chi connectivity index (χ4n) is 1.85. The summed E-state index contributed by atoms with van der Waals surface area (Å²) in [6, 6.07) is 7.22. The first-order valence-corrected chi connectivity index (χ1v) is 6.74. The number of hydrogen-bond donors (Lipinski definition) is 1. The lowest BCUT2D eigenvalue weighted by atomic mass is 10.0. The van der Waals surface area contributed by atoms with Crippen LogP contribution in [0.3, 0.4) is 0 Å². The van der Waals surface area contributed by atoms with E-state index in [0.717, 1.165) is 11.3 Å². The number of para-hydroxylation sites is 1. The maximum Gasteiger partial charge on any atom is 0.327 e. The Balaban J connectivity index is 3.05. The average molecular weight is 265 g/mol. The first-order chi connectivity index (χ1) is 9.10. The van der Waals surface area contributed by atoms with Crippen molar-refractivity contribution in [3.05, 3.63) is 29.8 Å². The van der Waals surface area contributed by atoms with Gasteiger partial charge in [0, 0.05) is 11.6 Å². The highest BCUT2D eigenvalue weighted by Crippen LogP contribution is 2.26. The molecule has 19 heavy (non-hydrogen) atoms. The van der Waals surface area contributed by atoms with Crippen LogP contribution in [0.2, 0.25) is 0 Å². The van der Waals surface area contributed by atoms with Crippen LogP contribution in [0.15, 0.2) is 24.3 Å². The molecule has 0 saturated carbocycles. The fourth-order valence-corrected chi connectivity index (χ4v) is 1.85. The van der Waals surface area contributed by atoms with E-state index in [4.69, 9.17) is 9.47 Å². The molecule has 1 atom stereocenters. The quantitative estimate of drug-likeness (QED) is 0.770. The molecular weight excluding hydrogens is 242 g/mol. The van der Waals surface area contributed by atoms with Gasteiger partial charge < -0.3 is 9.47 Å². The van der Waals surface area contributed by atoms with Gasteiger partial charge in [0.15, 0.2) is 0 Å². The third-order valence-corrected chi connectivity index (χ3v) is 2.55. The molecule has 0 spiro atoms. The van der Waals surface area contributed by atoms with Crippen LogP contribution in [-0.2, 0) is 9.53 Å². The van der Waals surface area contributed by atoms with E-state index in [2.05, 4.69) is 5.32 Å². The molecule has 0 bridgehead atoms. The van der Waals surface area contributed by atoms with Crippen LogP contribution < -0.4 is 10.1 Å². The van der Waals surface area contributed by atoms with Crippen molar-refractivity contribution in [1.82, 2.24) is 5.32 Å². The summed E-state index contributed by atoms with van der Waals surface area (Å²) in [6.45, 7) is 8.65. The Bertz CT molecular complexity index is 404. The molecule has 1 unspecified atom stereocenters. The topological polar surface area (TPSA) is 47.6 Å². The monoisotopic (exact) mass is 265 g/mol. The van der Waals surface area contributed by atoms with E-state index < -0.39 is 6.04 Å². The largest absolute Gasteiger partial charge is 0.494 e. The summed E-state index contributed by atoms with van der Waals surface area (Å²) in [7, 11) is 0. The fraction of sp³-hybridized carbons (Fsp3) is 0.533. The van der Waals surface area contributed by atoms with Crippen molar-refractivity contribution in [2.24, 2.45) is 0 Å². The molecule has 4 nitrogen and oxygen atoms in total. The second-order valence-electron chi connectivity index (χ2n) is 4.48. The predicted octanol–water partition coefficient (Wildman–Crippen LogP) is 2.69. The number of carbonyl (C=O) groups excluding carboxylic acids is 1. The summed E-state index contributed by atoms with van der Waals surface area (Å²) in [6.07, 6.45) is 0. The van der Waals surface area contributed by atoms with Crippen molar-refractivity contribution in [2.45, 2.75) is 39.8 Å². The van der Waals surface area contributed by atoms with Crippen molar-refractivity contribution in [2.75, 3.05) is 13.2 Å². The van der Waals surface area contributed by atoms with Crippen molar-refractivity contribution >= 4 is 5.97 Å². The second kappa shape index (κ2) is 7.79. The Morgan fingerprint density at radius 1 is 1.21 bits per heavy atom. The molecule has 106 valence electrons. The normalized spacial score (nSPS) is 12.3.